The van der Waals surface area contributed by atoms with Crippen molar-refractivity contribution >= 4 is 25.0 Å². The summed E-state index contributed by atoms with van der Waals surface area (Å²) in [5, 5.41) is 21.3. The van der Waals surface area contributed by atoms with E-state index in [1.54, 1.807) is 11.0 Å². The number of ether oxygens (including phenoxy) is 1. The molecule has 2 N–H and O–H groups in total. The predicted octanol–water partition coefficient (Wildman–Crippen LogP) is 6.17. The molecule has 0 unspecified atom stereocenters. The first-order chi connectivity index (χ1) is 20.9. The highest BCUT2D eigenvalue weighted by molar-refractivity contribution is 6.43. The summed E-state index contributed by atoms with van der Waals surface area (Å²) in [5.74, 6) is -0.267. The summed E-state index contributed by atoms with van der Waals surface area (Å²) >= 11 is 0. The Kier molecular flexibility index (Phi) is 9.05. The summed E-state index contributed by atoms with van der Waals surface area (Å²) in [6, 6.07) is 16.9. The van der Waals surface area contributed by atoms with Crippen LogP contribution >= 0.6 is 0 Å². The molecular formula is C35H42BNO6. The number of amides is 2. The van der Waals surface area contributed by atoms with Crippen LogP contribution in [0.1, 0.15) is 70.3 Å². The Morgan fingerprint density at radius 2 is 1.77 bits per heavy atom. The van der Waals surface area contributed by atoms with Crippen LogP contribution in [0.5, 0.6) is 11.5 Å². The summed E-state index contributed by atoms with van der Waals surface area (Å²) < 4.78 is 12.5. The minimum Gasteiger partial charge on any atom is -0.507 e. The van der Waals surface area contributed by atoms with Crippen molar-refractivity contribution in [1.82, 2.24) is 4.90 Å². The third kappa shape index (κ3) is 6.18. The zero-order valence-electron chi connectivity index (χ0n) is 25.0. The van der Waals surface area contributed by atoms with E-state index >= 15 is 0 Å². The SMILES string of the molecule is CC/C(=C\c1ccccc1O)CC[C@H]1OB(O)C[C@H]2C1=C(COc1ccccc1)C[C@H]1C(=O)N(C3CCCCC3)C(=O)[C@H]12. The van der Waals surface area contributed by atoms with Crippen LogP contribution in [-0.4, -0.2) is 52.7 Å². The minimum atomic E-state index is -1.01. The lowest BCUT2D eigenvalue weighted by molar-refractivity contribution is -0.143. The molecule has 8 heteroatoms. The van der Waals surface area contributed by atoms with E-state index < -0.39 is 25.1 Å². The fourth-order valence-electron chi connectivity index (χ4n) is 7.80. The van der Waals surface area contributed by atoms with Gasteiger partial charge in [0.25, 0.3) is 0 Å². The zero-order valence-corrected chi connectivity index (χ0v) is 25.0. The van der Waals surface area contributed by atoms with E-state index in [0.29, 0.717) is 32.2 Å². The van der Waals surface area contributed by atoms with Crippen molar-refractivity contribution in [2.24, 2.45) is 17.8 Å². The molecular weight excluding hydrogens is 541 g/mol. The second kappa shape index (κ2) is 13.1. The Morgan fingerprint density at radius 1 is 1.02 bits per heavy atom. The molecule has 0 spiro atoms. The van der Waals surface area contributed by atoms with Crippen LogP contribution in [0, 0.1) is 17.8 Å². The second-order valence-corrected chi connectivity index (χ2v) is 12.5. The Hall–Kier alpha value is -3.36. The van der Waals surface area contributed by atoms with Crippen LogP contribution in [0.3, 0.4) is 0 Å². The van der Waals surface area contributed by atoms with Crippen LogP contribution in [0.2, 0.25) is 6.32 Å². The summed E-state index contributed by atoms with van der Waals surface area (Å²) in [7, 11) is -1.01. The Bertz CT molecular complexity index is 1380. The molecule has 4 aliphatic rings. The van der Waals surface area contributed by atoms with E-state index in [2.05, 4.69) is 6.92 Å². The molecule has 2 aliphatic heterocycles. The maximum Gasteiger partial charge on any atom is 0.455 e. The number of carbonyl (C=O) groups is 2. The molecule has 6 rings (SSSR count). The van der Waals surface area contributed by atoms with E-state index in [4.69, 9.17) is 9.39 Å². The van der Waals surface area contributed by atoms with Gasteiger partial charge in [-0.2, -0.15) is 0 Å². The molecule has 43 heavy (non-hydrogen) atoms. The molecule has 7 nitrogen and oxygen atoms in total. The first-order valence-corrected chi connectivity index (χ1v) is 16.0. The van der Waals surface area contributed by atoms with Gasteiger partial charge in [-0.3, -0.25) is 14.5 Å². The van der Waals surface area contributed by atoms with Crippen molar-refractivity contribution in [3.8, 4) is 11.5 Å². The third-order valence-corrected chi connectivity index (χ3v) is 9.92. The molecule has 226 valence electrons. The molecule has 4 atom stereocenters. The second-order valence-electron chi connectivity index (χ2n) is 12.5. The van der Waals surface area contributed by atoms with Crippen molar-refractivity contribution in [2.45, 2.75) is 83.2 Å². The van der Waals surface area contributed by atoms with Gasteiger partial charge in [-0.15, -0.1) is 0 Å². The average molecular weight is 584 g/mol. The molecule has 2 amide bonds. The van der Waals surface area contributed by atoms with E-state index in [-0.39, 0.29) is 29.5 Å². The molecule has 0 bridgehead atoms. The number of benzene rings is 2. The third-order valence-electron chi connectivity index (χ3n) is 9.92. The van der Waals surface area contributed by atoms with Crippen molar-refractivity contribution in [3.63, 3.8) is 0 Å². The number of fused-ring (bicyclic) bond motifs is 3. The van der Waals surface area contributed by atoms with Crippen LogP contribution in [0.15, 0.2) is 71.3 Å². The van der Waals surface area contributed by atoms with Gasteiger partial charge in [-0.25, -0.2) is 0 Å². The van der Waals surface area contributed by atoms with Crippen LogP contribution in [0.25, 0.3) is 6.08 Å². The molecule has 0 radical (unpaired) electrons. The molecule has 3 fully saturated rings. The maximum absolute atomic E-state index is 14.0. The van der Waals surface area contributed by atoms with Crippen LogP contribution < -0.4 is 4.74 Å². The zero-order chi connectivity index (χ0) is 29.9. The molecule has 2 saturated heterocycles. The smallest absolute Gasteiger partial charge is 0.455 e. The molecule has 2 heterocycles. The number of phenols is 1. The number of nitrogens with zero attached hydrogens (tertiary/aromatic N) is 1. The number of aromatic hydroxyl groups is 1. The summed E-state index contributed by atoms with van der Waals surface area (Å²) in [6.07, 6.45) is 9.54. The quantitative estimate of drug-likeness (QED) is 0.208. The van der Waals surface area contributed by atoms with Gasteiger partial charge in [0.05, 0.1) is 17.9 Å². The highest BCUT2D eigenvalue weighted by atomic mass is 16.5. The highest BCUT2D eigenvalue weighted by Gasteiger charge is 2.58. The first-order valence-electron chi connectivity index (χ1n) is 16.0. The topological polar surface area (TPSA) is 96.3 Å². The number of allylic oxidation sites excluding steroid dienone is 1. The molecule has 1 saturated carbocycles. The van der Waals surface area contributed by atoms with Crippen molar-refractivity contribution in [3.05, 3.63) is 76.9 Å². The minimum absolute atomic E-state index is 0.0148. The number of phenolic OH excluding ortho intramolecular Hbond substituents is 1. The average Bonchev–Trinajstić information content (AvgIpc) is 3.28. The van der Waals surface area contributed by atoms with Gasteiger partial charge in [0.1, 0.15) is 18.1 Å². The van der Waals surface area contributed by atoms with Gasteiger partial charge in [0.2, 0.25) is 11.8 Å². The van der Waals surface area contributed by atoms with Gasteiger partial charge in [0.15, 0.2) is 0 Å². The summed E-state index contributed by atoms with van der Waals surface area (Å²) in [4.78, 5) is 29.5. The maximum atomic E-state index is 14.0. The van der Waals surface area contributed by atoms with Gasteiger partial charge in [0, 0.05) is 11.6 Å². The molecule has 2 aliphatic carbocycles. The van der Waals surface area contributed by atoms with Crippen molar-refractivity contribution < 1.29 is 29.1 Å². The van der Waals surface area contributed by atoms with Crippen molar-refractivity contribution in [2.75, 3.05) is 6.61 Å². The lowest BCUT2D eigenvalue weighted by atomic mass is 9.58. The van der Waals surface area contributed by atoms with Gasteiger partial charge in [-0.1, -0.05) is 74.2 Å². The van der Waals surface area contributed by atoms with Crippen molar-refractivity contribution in [1.29, 1.82) is 0 Å². The Labute approximate surface area is 254 Å². The fraction of sp³-hybridized carbons (Fsp3) is 0.486. The standard InChI is InChI=1S/C35H42BNO6/c1-2-23(19-24-11-9-10-16-30(24)38)17-18-31-32-25(22-42-27-14-7-4-8-15-27)20-28-33(29(32)21-36(41)43-31)35(40)37(34(28)39)26-12-5-3-6-13-26/h4,7-11,14-16,19,26,28-29,31,33,38,41H,2-3,5-6,12-13,17-18,20-22H2,1H3/b23-19+/t28-,29+,31-,33-/m1/s1. The van der Waals surface area contributed by atoms with E-state index in [9.17, 15) is 19.7 Å². The number of hydrogen-bond donors (Lipinski definition) is 2. The molecule has 2 aromatic rings. The monoisotopic (exact) mass is 583 g/mol. The number of likely N-dealkylation sites (tertiary alicyclic amines) is 1. The Balaban J connectivity index is 1.31. The largest absolute Gasteiger partial charge is 0.507 e. The first kappa shape index (κ1) is 29.7. The number of rotatable bonds is 9. The summed E-state index contributed by atoms with van der Waals surface area (Å²) in [5.41, 5.74) is 3.98. The lowest BCUT2D eigenvalue weighted by Gasteiger charge is -2.43. The van der Waals surface area contributed by atoms with Gasteiger partial charge in [-0.05, 0) is 80.1 Å². The Morgan fingerprint density at radius 3 is 2.51 bits per heavy atom. The molecule has 0 aromatic heterocycles. The van der Waals surface area contributed by atoms with Gasteiger partial charge < -0.3 is 19.5 Å². The highest BCUT2D eigenvalue weighted by Crippen LogP contribution is 2.51. The van der Waals surface area contributed by atoms with E-state index in [1.165, 1.54) is 0 Å². The number of carbonyl (C=O) groups excluding carboxylic acids is 2. The molecule has 2 aromatic carbocycles. The number of imide groups is 1. The predicted molar refractivity (Wildman–Crippen MR) is 166 cm³/mol. The number of hydrogen-bond acceptors (Lipinski definition) is 6. The van der Waals surface area contributed by atoms with Gasteiger partial charge >= 0.3 is 7.12 Å². The normalized spacial score (nSPS) is 26.5. The van der Waals surface area contributed by atoms with E-state index in [1.807, 2.05) is 54.6 Å². The summed E-state index contributed by atoms with van der Waals surface area (Å²) in [6.45, 7) is 2.41. The fourth-order valence-corrected chi connectivity index (χ4v) is 7.80. The lowest BCUT2D eigenvalue weighted by Crippen LogP contribution is -2.47. The van der Waals surface area contributed by atoms with Crippen LogP contribution in [0.4, 0.5) is 0 Å². The van der Waals surface area contributed by atoms with Crippen LogP contribution in [-0.2, 0) is 14.2 Å². The van der Waals surface area contributed by atoms with E-state index in [0.717, 1.165) is 66.6 Å². The number of para-hydroxylation sites is 2.